The third-order valence-electron chi connectivity index (χ3n) is 3.26. The summed E-state index contributed by atoms with van der Waals surface area (Å²) in [5.74, 6) is -0.806. The van der Waals surface area contributed by atoms with Crippen LogP contribution >= 0.6 is 0 Å². The first-order valence-electron chi connectivity index (χ1n) is 6.55. The fourth-order valence-electron chi connectivity index (χ4n) is 2.43. The van der Waals surface area contributed by atoms with Crippen LogP contribution in [0.4, 0.5) is 0 Å². The molecule has 0 aliphatic rings. The molecule has 0 bridgehead atoms. The highest BCUT2D eigenvalue weighted by atomic mass is 16.5. The number of carbonyl (C=O) groups excluding carboxylic acids is 2. The standard InChI is InChI=1S/C16H17NO4/c1-10(18)17-14(9-16(19)20)12-7-8-15(21-2)13-6-4-3-5-11(12)13/h3-8,14H,9H2,1-2H3,(H,17,18)(H,19,20)/p-1. The van der Waals surface area contributed by atoms with Crippen molar-refractivity contribution >= 4 is 22.6 Å². The van der Waals surface area contributed by atoms with Gasteiger partial charge in [0, 0.05) is 24.7 Å². The predicted molar refractivity (Wildman–Crippen MR) is 76.7 cm³/mol. The van der Waals surface area contributed by atoms with Crippen LogP contribution in [0.2, 0.25) is 0 Å². The number of benzene rings is 2. The van der Waals surface area contributed by atoms with Gasteiger partial charge in [0.25, 0.3) is 0 Å². The molecule has 21 heavy (non-hydrogen) atoms. The van der Waals surface area contributed by atoms with Crippen molar-refractivity contribution in [2.75, 3.05) is 7.11 Å². The molecule has 5 heteroatoms. The van der Waals surface area contributed by atoms with E-state index in [-0.39, 0.29) is 12.3 Å². The third kappa shape index (κ3) is 3.31. The van der Waals surface area contributed by atoms with Crippen LogP contribution < -0.4 is 15.2 Å². The van der Waals surface area contributed by atoms with E-state index in [1.807, 2.05) is 24.3 Å². The largest absolute Gasteiger partial charge is 0.550 e. The fourth-order valence-corrected chi connectivity index (χ4v) is 2.43. The topological polar surface area (TPSA) is 78.5 Å². The van der Waals surface area contributed by atoms with Crippen LogP contribution in [0.15, 0.2) is 36.4 Å². The zero-order valence-corrected chi connectivity index (χ0v) is 11.9. The predicted octanol–water partition coefficient (Wildman–Crippen LogP) is 1.17. The average Bonchev–Trinajstić information content (AvgIpc) is 2.44. The molecule has 5 nitrogen and oxygen atoms in total. The van der Waals surface area contributed by atoms with E-state index in [1.54, 1.807) is 19.2 Å². The molecule has 0 fully saturated rings. The number of carboxylic acid groups (broad SMARTS) is 1. The van der Waals surface area contributed by atoms with Gasteiger partial charge in [0.05, 0.1) is 13.2 Å². The SMILES string of the molecule is COc1ccc(C(CC(=O)[O-])NC(C)=O)c2ccccc12. The van der Waals surface area contributed by atoms with Crippen molar-refractivity contribution < 1.29 is 19.4 Å². The number of nitrogens with one attached hydrogen (secondary N) is 1. The molecule has 110 valence electrons. The lowest BCUT2D eigenvalue weighted by Crippen LogP contribution is -2.33. The summed E-state index contributed by atoms with van der Waals surface area (Å²) in [5, 5.41) is 15.3. The van der Waals surface area contributed by atoms with Gasteiger partial charge < -0.3 is 20.0 Å². The Kier molecular flexibility index (Phi) is 4.42. The average molecular weight is 286 g/mol. The Balaban J connectivity index is 2.57. The van der Waals surface area contributed by atoms with E-state index in [0.717, 1.165) is 16.3 Å². The number of fused-ring (bicyclic) bond motifs is 1. The molecule has 0 aromatic heterocycles. The van der Waals surface area contributed by atoms with Gasteiger partial charge in [-0.25, -0.2) is 0 Å². The third-order valence-corrected chi connectivity index (χ3v) is 3.26. The highest BCUT2D eigenvalue weighted by molar-refractivity contribution is 5.92. The quantitative estimate of drug-likeness (QED) is 0.894. The van der Waals surface area contributed by atoms with Crippen LogP contribution in [-0.2, 0) is 9.59 Å². The van der Waals surface area contributed by atoms with Crippen molar-refractivity contribution in [3.8, 4) is 5.75 Å². The normalized spacial score (nSPS) is 11.9. The van der Waals surface area contributed by atoms with Gasteiger partial charge in [0.1, 0.15) is 5.75 Å². The van der Waals surface area contributed by atoms with Gasteiger partial charge in [0.2, 0.25) is 5.91 Å². The second-order valence-electron chi connectivity index (χ2n) is 4.73. The molecule has 1 amide bonds. The molecule has 0 radical (unpaired) electrons. The molecule has 2 rings (SSSR count). The Morgan fingerprint density at radius 2 is 1.86 bits per heavy atom. The van der Waals surface area contributed by atoms with Gasteiger partial charge in [-0.3, -0.25) is 4.79 Å². The second-order valence-corrected chi connectivity index (χ2v) is 4.73. The van der Waals surface area contributed by atoms with Crippen molar-refractivity contribution in [2.24, 2.45) is 0 Å². The number of ether oxygens (including phenoxy) is 1. The van der Waals surface area contributed by atoms with Crippen LogP contribution in [0.1, 0.15) is 24.9 Å². The Labute approximate surface area is 122 Å². The van der Waals surface area contributed by atoms with Crippen LogP contribution in [0.25, 0.3) is 10.8 Å². The molecule has 2 aromatic carbocycles. The second kappa shape index (κ2) is 6.26. The molecule has 0 aliphatic heterocycles. The lowest BCUT2D eigenvalue weighted by molar-refractivity contribution is -0.306. The zero-order valence-electron chi connectivity index (χ0n) is 11.9. The van der Waals surface area contributed by atoms with Gasteiger partial charge >= 0.3 is 0 Å². The van der Waals surface area contributed by atoms with Gasteiger partial charge in [0.15, 0.2) is 0 Å². The number of amides is 1. The van der Waals surface area contributed by atoms with Crippen molar-refractivity contribution in [3.05, 3.63) is 42.0 Å². The lowest BCUT2D eigenvalue weighted by atomic mass is 9.96. The molecule has 0 heterocycles. The molecular formula is C16H16NO4-. The van der Waals surface area contributed by atoms with Gasteiger partial charge in [-0.05, 0) is 17.0 Å². The van der Waals surface area contributed by atoms with Gasteiger partial charge in [-0.15, -0.1) is 0 Å². The summed E-state index contributed by atoms with van der Waals surface area (Å²) in [6, 6.07) is 10.4. The van der Waals surface area contributed by atoms with Crippen molar-refractivity contribution in [1.82, 2.24) is 5.32 Å². The van der Waals surface area contributed by atoms with Gasteiger partial charge in [-0.2, -0.15) is 0 Å². The monoisotopic (exact) mass is 286 g/mol. The summed E-state index contributed by atoms with van der Waals surface area (Å²) in [7, 11) is 1.58. The first-order valence-corrected chi connectivity index (χ1v) is 6.55. The summed E-state index contributed by atoms with van der Waals surface area (Å²) in [6.07, 6.45) is -0.282. The summed E-state index contributed by atoms with van der Waals surface area (Å²) >= 11 is 0. The summed E-state index contributed by atoms with van der Waals surface area (Å²) in [6.45, 7) is 1.36. The van der Waals surface area contributed by atoms with Crippen molar-refractivity contribution in [3.63, 3.8) is 0 Å². The molecule has 0 spiro atoms. The Morgan fingerprint density at radius 3 is 2.43 bits per heavy atom. The van der Waals surface area contributed by atoms with E-state index in [9.17, 15) is 14.7 Å². The van der Waals surface area contributed by atoms with E-state index in [0.29, 0.717) is 5.75 Å². The molecule has 1 N–H and O–H groups in total. The number of aliphatic carboxylic acids is 1. The molecule has 0 aliphatic carbocycles. The highest BCUT2D eigenvalue weighted by Gasteiger charge is 2.17. The Hall–Kier alpha value is -2.56. The van der Waals surface area contributed by atoms with E-state index >= 15 is 0 Å². The molecule has 0 saturated heterocycles. The minimum atomic E-state index is -1.21. The highest BCUT2D eigenvalue weighted by Crippen LogP contribution is 2.32. The minimum absolute atomic E-state index is 0.282. The van der Waals surface area contributed by atoms with Crippen molar-refractivity contribution in [1.29, 1.82) is 0 Å². The number of carboxylic acids is 1. The van der Waals surface area contributed by atoms with E-state index in [1.165, 1.54) is 6.92 Å². The smallest absolute Gasteiger partial charge is 0.217 e. The van der Waals surface area contributed by atoms with E-state index in [4.69, 9.17) is 4.74 Å². The maximum Gasteiger partial charge on any atom is 0.217 e. The lowest BCUT2D eigenvalue weighted by Gasteiger charge is -2.21. The fraction of sp³-hybridized carbons (Fsp3) is 0.250. The van der Waals surface area contributed by atoms with Crippen molar-refractivity contribution in [2.45, 2.75) is 19.4 Å². The van der Waals surface area contributed by atoms with Gasteiger partial charge in [-0.1, -0.05) is 30.3 Å². The Morgan fingerprint density at radius 1 is 1.19 bits per heavy atom. The maximum absolute atomic E-state index is 11.3. The number of rotatable bonds is 5. The van der Waals surface area contributed by atoms with Crippen LogP contribution in [0, 0.1) is 0 Å². The molecule has 0 saturated carbocycles. The van der Waals surface area contributed by atoms with Crippen LogP contribution in [0.5, 0.6) is 5.75 Å². The molecule has 1 atom stereocenters. The maximum atomic E-state index is 11.3. The summed E-state index contributed by atoms with van der Waals surface area (Å²) in [4.78, 5) is 22.3. The zero-order chi connectivity index (χ0) is 15.4. The van der Waals surface area contributed by atoms with E-state index in [2.05, 4.69) is 5.32 Å². The van der Waals surface area contributed by atoms with Crippen LogP contribution in [-0.4, -0.2) is 19.0 Å². The first kappa shape index (κ1) is 14.8. The number of hydrogen-bond donors (Lipinski definition) is 1. The summed E-state index contributed by atoms with van der Waals surface area (Å²) in [5.41, 5.74) is 0.728. The number of hydrogen-bond acceptors (Lipinski definition) is 4. The first-order chi connectivity index (χ1) is 10.0. The molecule has 2 aromatic rings. The molecular weight excluding hydrogens is 270 g/mol. The molecule has 1 unspecified atom stereocenters. The van der Waals surface area contributed by atoms with Crippen LogP contribution in [0.3, 0.4) is 0 Å². The van der Waals surface area contributed by atoms with E-state index < -0.39 is 12.0 Å². The summed E-state index contributed by atoms with van der Waals surface area (Å²) < 4.78 is 5.31. The number of carbonyl (C=O) groups is 2. The Bertz CT molecular complexity index is 665. The minimum Gasteiger partial charge on any atom is -0.550 e. The number of methoxy groups -OCH3 is 1.